The molecule has 0 spiro atoms. The van der Waals surface area contributed by atoms with Crippen molar-refractivity contribution in [3.8, 4) is 0 Å². The molecule has 3 heterocycles. The minimum atomic E-state index is -1.02. The van der Waals surface area contributed by atoms with Crippen molar-refractivity contribution in [2.24, 2.45) is 0 Å². The van der Waals surface area contributed by atoms with Gasteiger partial charge in [-0.1, -0.05) is 12.1 Å². The van der Waals surface area contributed by atoms with E-state index < -0.39 is 54.2 Å². The van der Waals surface area contributed by atoms with Crippen LogP contribution in [0.25, 0.3) is 0 Å². The van der Waals surface area contributed by atoms with Crippen molar-refractivity contribution in [3.63, 3.8) is 0 Å². The molecule has 1 aromatic carbocycles. The molecule has 1 aromatic rings. The maximum absolute atomic E-state index is 13.1. The van der Waals surface area contributed by atoms with Gasteiger partial charge >= 0.3 is 5.97 Å². The fourth-order valence-electron chi connectivity index (χ4n) is 3.91. The fourth-order valence-corrected chi connectivity index (χ4v) is 3.91. The molecule has 4 rings (SSSR count). The van der Waals surface area contributed by atoms with Crippen molar-refractivity contribution in [2.75, 3.05) is 12.4 Å². The molecule has 0 radical (unpaired) electrons. The van der Waals surface area contributed by atoms with E-state index in [1.807, 2.05) is 0 Å². The van der Waals surface area contributed by atoms with Crippen LogP contribution < -0.4 is 5.32 Å². The van der Waals surface area contributed by atoms with Gasteiger partial charge in [0.25, 0.3) is 5.91 Å². The van der Waals surface area contributed by atoms with Gasteiger partial charge in [-0.3, -0.25) is 4.79 Å². The van der Waals surface area contributed by atoms with Gasteiger partial charge in [-0.05, 0) is 39.8 Å². The lowest BCUT2D eigenvalue weighted by atomic mass is 9.98. The molecule has 9 heteroatoms. The topological polar surface area (TPSA) is 102 Å². The number of anilines is 1. The first-order valence-corrected chi connectivity index (χ1v) is 9.45. The summed E-state index contributed by atoms with van der Waals surface area (Å²) in [6, 6.07) is 6.57. The summed E-state index contributed by atoms with van der Waals surface area (Å²) < 4.78 is 34.4. The van der Waals surface area contributed by atoms with E-state index in [-0.39, 0.29) is 5.56 Å². The largest absolute Gasteiger partial charge is 0.465 e. The Morgan fingerprint density at radius 3 is 2.28 bits per heavy atom. The van der Waals surface area contributed by atoms with Gasteiger partial charge in [-0.15, -0.1) is 0 Å². The zero-order valence-corrected chi connectivity index (χ0v) is 17.0. The van der Waals surface area contributed by atoms with Crippen LogP contribution in [0.3, 0.4) is 0 Å². The molecule has 29 heavy (non-hydrogen) atoms. The monoisotopic (exact) mass is 407 g/mol. The molecule has 158 valence electrons. The summed E-state index contributed by atoms with van der Waals surface area (Å²) in [5, 5.41) is 2.74. The average Bonchev–Trinajstić information content (AvgIpc) is 3.14. The first-order chi connectivity index (χ1) is 13.6. The summed E-state index contributed by atoms with van der Waals surface area (Å²) in [6.07, 6.45) is -3.57. The highest BCUT2D eigenvalue weighted by molar-refractivity contribution is 6.02. The number of hydrogen-bond acceptors (Lipinski definition) is 8. The summed E-state index contributed by atoms with van der Waals surface area (Å²) in [6.45, 7) is 7.07. The van der Waals surface area contributed by atoms with Gasteiger partial charge in [0, 0.05) is 0 Å². The Morgan fingerprint density at radius 1 is 0.931 bits per heavy atom. The van der Waals surface area contributed by atoms with Gasteiger partial charge in [0.2, 0.25) is 0 Å². The molecule has 0 aliphatic carbocycles. The molecule has 5 atom stereocenters. The van der Waals surface area contributed by atoms with Gasteiger partial charge in [0.15, 0.2) is 24.0 Å². The van der Waals surface area contributed by atoms with E-state index >= 15 is 0 Å². The van der Waals surface area contributed by atoms with Crippen LogP contribution in [-0.2, 0) is 33.2 Å². The Kier molecular flexibility index (Phi) is 4.91. The van der Waals surface area contributed by atoms with Crippen LogP contribution in [0.4, 0.5) is 5.69 Å². The van der Waals surface area contributed by atoms with Crippen molar-refractivity contribution >= 4 is 17.6 Å². The van der Waals surface area contributed by atoms with Gasteiger partial charge < -0.3 is 33.7 Å². The zero-order chi connectivity index (χ0) is 21.0. The lowest BCUT2D eigenvalue weighted by molar-refractivity contribution is -0.229. The van der Waals surface area contributed by atoms with Crippen molar-refractivity contribution in [1.82, 2.24) is 0 Å². The van der Waals surface area contributed by atoms with E-state index in [2.05, 4.69) is 5.32 Å². The Hall–Kier alpha value is -2.04. The SMILES string of the molecule is COC(=O)c1ccccc1NC(=O)[C@@H]1O[C@H]2OC(C)(C)O[C@@H]2[C@@H]2OC(C)(C)O[C@@H]21. The number of rotatable bonds is 3. The quantitative estimate of drug-likeness (QED) is 0.757. The highest BCUT2D eigenvalue weighted by Gasteiger charge is 2.62. The van der Waals surface area contributed by atoms with Crippen molar-refractivity contribution in [3.05, 3.63) is 29.8 Å². The number of carbonyl (C=O) groups excluding carboxylic acids is 2. The molecule has 0 aromatic heterocycles. The normalized spacial score (nSPS) is 34.2. The van der Waals surface area contributed by atoms with E-state index in [4.69, 9.17) is 28.4 Å². The minimum absolute atomic E-state index is 0.235. The number of hydrogen-bond donors (Lipinski definition) is 1. The number of carbonyl (C=O) groups is 2. The predicted octanol–water partition coefficient (Wildman–Crippen LogP) is 1.81. The highest BCUT2D eigenvalue weighted by atomic mass is 16.9. The third kappa shape index (κ3) is 3.76. The summed E-state index contributed by atoms with van der Waals surface area (Å²) in [4.78, 5) is 25.1. The third-order valence-electron chi connectivity index (χ3n) is 5.00. The lowest BCUT2D eigenvalue weighted by Gasteiger charge is -2.36. The summed E-state index contributed by atoms with van der Waals surface area (Å²) in [7, 11) is 1.28. The van der Waals surface area contributed by atoms with Crippen LogP contribution in [0.5, 0.6) is 0 Å². The maximum Gasteiger partial charge on any atom is 0.339 e. The number of nitrogens with one attached hydrogen (secondary N) is 1. The maximum atomic E-state index is 13.1. The molecule has 9 nitrogen and oxygen atoms in total. The summed E-state index contributed by atoms with van der Waals surface area (Å²) >= 11 is 0. The van der Waals surface area contributed by atoms with Crippen LogP contribution in [-0.4, -0.2) is 61.3 Å². The zero-order valence-electron chi connectivity index (χ0n) is 17.0. The minimum Gasteiger partial charge on any atom is -0.465 e. The molecule has 1 N–H and O–H groups in total. The van der Waals surface area contributed by atoms with Crippen LogP contribution in [0.2, 0.25) is 0 Å². The van der Waals surface area contributed by atoms with Crippen molar-refractivity contribution in [1.29, 1.82) is 0 Å². The Balaban J connectivity index is 1.59. The Morgan fingerprint density at radius 2 is 1.55 bits per heavy atom. The van der Waals surface area contributed by atoms with E-state index in [1.165, 1.54) is 7.11 Å². The standard InChI is InChI=1S/C20H25NO8/c1-19(2)26-12-13(27-19)15-18(29-20(3,4)28-15)25-14(12)16(22)21-11-9-7-6-8-10(11)17(23)24-5/h6-9,12-15,18H,1-5H3,(H,21,22)/t12-,13+,14+,15+,18-/m0/s1. The number of esters is 1. The lowest BCUT2D eigenvalue weighted by Crippen LogP contribution is -2.58. The van der Waals surface area contributed by atoms with E-state index in [9.17, 15) is 9.59 Å². The number of para-hydroxylation sites is 1. The number of benzene rings is 1. The number of fused-ring (bicyclic) bond motifs is 3. The molecule has 3 fully saturated rings. The van der Waals surface area contributed by atoms with Crippen molar-refractivity contribution in [2.45, 2.75) is 70.0 Å². The smallest absolute Gasteiger partial charge is 0.339 e. The Labute approximate surface area is 168 Å². The molecule has 0 saturated carbocycles. The van der Waals surface area contributed by atoms with Crippen LogP contribution in [0, 0.1) is 0 Å². The molecular weight excluding hydrogens is 382 g/mol. The molecule has 0 bridgehead atoms. The molecule has 3 aliphatic rings. The predicted molar refractivity (Wildman–Crippen MR) is 98.9 cm³/mol. The average molecular weight is 407 g/mol. The molecule has 3 aliphatic heterocycles. The fraction of sp³-hybridized carbons (Fsp3) is 0.600. The molecule has 0 unspecified atom stereocenters. The van der Waals surface area contributed by atoms with E-state index in [0.717, 1.165) is 0 Å². The van der Waals surface area contributed by atoms with Gasteiger partial charge in [-0.2, -0.15) is 0 Å². The van der Waals surface area contributed by atoms with Crippen LogP contribution in [0.15, 0.2) is 24.3 Å². The molecular formula is C20H25NO8. The van der Waals surface area contributed by atoms with Gasteiger partial charge in [-0.25, -0.2) is 4.79 Å². The summed E-state index contributed by atoms with van der Waals surface area (Å²) in [5.74, 6) is -2.83. The van der Waals surface area contributed by atoms with Crippen molar-refractivity contribution < 1.29 is 38.0 Å². The van der Waals surface area contributed by atoms with Crippen LogP contribution >= 0.6 is 0 Å². The molecule has 3 saturated heterocycles. The first kappa shape index (κ1) is 20.2. The van der Waals surface area contributed by atoms with E-state index in [1.54, 1.807) is 52.0 Å². The van der Waals surface area contributed by atoms with E-state index in [0.29, 0.717) is 5.69 Å². The number of amides is 1. The van der Waals surface area contributed by atoms with Gasteiger partial charge in [0.1, 0.15) is 18.3 Å². The number of ether oxygens (including phenoxy) is 6. The second kappa shape index (κ2) is 7.03. The number of methoxy groups -OCH3 is 1. The summed E-state index contributed by atoms with van der Waals surface area (Å²) in [5.41, 5.74) is 0.549. The Bertz CT molecular complexity index is 822. The second-order valence-electron chi connectivity index (χ2n) is 8.12. The van der Waals surface area contributed by atoms with Crippen LogP contribution in [0.1, 0.15) is 38.1 Å². The third-order valence-corrected chi connectivity index (χ3v) is 5.00. The first-order valence-electron chi connectivity index (χ1n) is 9.45. The second-order valence-corrected chi connectivity index (χ2v) is 8.12. The van der Waals surface area contributed by atoms with Gasteiger partial charge in [0.05, 0.1) is 18.4 Å². The highest BCUT2D eigenvalue weighted by Crippen LogP contribution is 2.44. The molecule has 1 amide bonds.